The molecule has 0 amide bonds. The van der Waals surface area contributed by atoms with Crippen molar-refractivity contribution >= 4 is 17.2 Å². The highest BCUT2D eigenvalue weighted by Crippen LogP contribution is 2.11. The Balaban J connectivity index is 2.18. The number of thiazole rings is 1. The molecule has 0 saturated heterocycles. The lowest BCUT2D eigenvalue weighted by Gasteiger charge is -1.97. The minimum atomic E-state index is 0.502. The van der Waals surface area contributed by atoms with Crippen molar-refractivity contribution in [3.63, 3.8) is 0 Å². The summed E-state index contributed by atoms with van der Waals surface area (Å²) < 4.78 is 0. The van der Waals surface area contributed by atoms with Crippen LogP contribution in [0, 0.1) is 6.92 Å². The van der Waals surface area contributed by atoms with Crippen molar-refractivity contribution in [2.75, 3.05) is 5.73 Å². The molecule has 14 heavy (non-hydrogen) atoms. The Hall–Kier alpha value is -1.49. The third-order valence-corrected chi connectivity index (χ3v) is 2.56. The smallest absolute Gasteiger partial charge is 0.136 e. The second kappa shape index (κ2) is 3.71. The molecule has 2 heterocycles. The molecule has 2 rings (SSSR count). The van der Waals surface area contributed by atoms with Crippen LogP contribution in [-0.2, 0) is 6.42 Å². The Morgan fingerprint density at radius 2 is 2.29 bits per heavy atom. The van der Waals surface area contributed by atoms with Gasteiger partial charge in [0, 0.05) is 11.6 Å². The fourth-order valence-electron chi connectivity index (χ4n) is 1.15. The van der Waals surface area contributed by atoms with Gasteiger partial charge in [0.05, 0.1) is 17.1 Å². The first-order valence-electron chi connectivity index (χ1n) is 4.22. The fraction of sp³-hybridized carbons (Fsp3) is 0.222. The number of hydrogen-bond donors (Lipinski definition) is 1. The first-order chi connectivity index (χ1) is 6.74. The van der Waals surface area contributed by atoms with E-state index in [4.69, 9.17) is 5.73 Å². The Morgan fingerprint density at radius 3 is 2.93 bits per heavy atom. The molecule has 0 aliphatic heterocycles. The van der Waals surface area contributed by atoms with Crippen LogP contribution >= 0.6 is 11.3 Å². The SMILES string of the molecule is Cc1nc(Cc2nccc(N)n2)cs1. The molecule has 0 aliphatic rings. The average molecular weight is 206 g/mol. The van der Waals surface area contributed by atoms with Gasteiger partial charge in [0.2, 0.25) is 0 Å². The zero-order valence-electron chi connectivity index (χ0n) is 7.77. The second-order valence-electron chi connectivity index (χ2n) is 2.93. The maximum absolute atomic E-state index is 5.55. The van der Waals surface area contributed by atoms with Gasteiger partial charge in [-0.2, -0.15) is 0 Å². The van der Waals surface area contributed by atoms with Crippen LogP contribution < -0.4 is 5.73 Å². The molecule has 4 nitrogen and oxygen atoms in total. The van der Waals surface area contributed by atoms with Crippen LogP contribution in [0.1, 0.15) is 16.5 Å². The van der Waals surface area contributed by atoms with E-state index in [2.05, 4.69) is 15.0 Å². The van der Waals surface area contributed by atoms with Gasteiger partial charge in [-0.25, -0.2) is 15.0 Å². The monoisotopic (exact) mass is 206 g/mol. The van der Waals surface area contributed by atoms with E-state index in [0.717, 1.165) is 16.5 Å². The summed E-state index contributed by atoms with van der Waals surface area (Å²) >= 11 is 1.63. The highest BCUT2D eigenvalue weighted by Gasteiger charge is 2.02. The largest absolute Gasteiger partial charge is 0.384 e. The van der Waals surface area contributed by atoms with Crippen LogP contribution in [0.15, 0.2) is 17.6 Å². The van der Waals surface area contributed by atoms with Crippen molar-refractivity contribution in [2.45, 2.75) is 13.3 Å². The van der Waals surface area contributed by atoms with Crippen molar-refractivity contribution in [3.8, 4) is 0 Å². The van der Waals surface area contributed by atoms with E-state index >= 15 is 0 Å². The number of rotatable bonds is 2. The van der Waals surface area contributed by atoms with E-state index in [1.165, 1.54) is 0 Å². The minimum Gasteiger partial charge on any atom is -0.384 e. The lowest BCUT2D eigenvalue weighted by Crippen LogP contribution is -1.99. The van der Waals surface area contributed by atoms with Crippen molar-refractivity contribution in [2.24, 2.45) is 0 Å². The van der Waals surface area contributed by atoms with E-state index in [1.807, 2.05) is 12.3 Å². The molecule has 2 aromatic heterocycles. The van der Waals surface area contributed by atoms with Gasteiger partial charge in [-0.05, 0) is 13.0 Å². The second-order valence-corrected chi connectivity index (χ2v) is 3.99. The third kappa shape index (κ3) is 2.05. The van der Waals surface area contributed by atoms with Gasteiger partial charge in [0.1, 0.15) is 11.6 Å². The first-order valence-corrected chi connectivity index (χ1v) is 5.10. The number of nitrogens with two attached hydrogens (primary N) is 1. The molecule has 72 valence electrons. The molecule has 0 atom stereocenters. The number of nitrogen functional groups attached to an aromatic ring is 1. The molecular formula is C9H10N4S. The highest BCUT2D eigenvalue weighted by atomic mass is 32.1. The van der Waals surface area contributed by atoms with Gasteiger partial charge in [-0.15, -0.1) is 11.3 Å². The zero-order valence-corrected chi connectivity index (χ0v) is 8.58. The summed E-state index contributed by atoms with van der Waals surface area (Å²) in [5, 5.41) is 3.07. The molecule has 0 unspecified atom stereocenters. The van der Waals surface area contributed by atoms with E-state index in [9.17, 15) is 0 Å². The van der Waals surface area contributed by atoms with E-state index in [-0.39, 0.29) is 0 Å². The molecule has 0 saturated carbocycles. The fourth-order valence-corrected chi connectivity index (χ4v) is 1.76. The lowest BCUT2D eigenvalue weighted by molar-refractivity contribution is 0.945. The number of aryl methyl sites for hydroxylation is 1. The Kier molecular flexibility index (Phi) is 2.41. The first kappa shape index (κ1) is 9.08. The molecule has 0 aliphatic carbocycles. The third-order valence-electron chi connectivity index (χ3n) is 1.73. The Morgan fingerprint density at radius 1 is 1.43 bits per heavy atom. The van der Waals surface area contributed by atoms with Gasteiger partial charge in [-0.1, -0.05) is 0 Å². The summed E-state index contributed by atoms with van der Waals surface area (Å²) in [6, 6.07) is 1.68. The molecule has 2 N–H and O–H groups in total. The molecule has 0 fully saturated rings. The van der Waals surface area contributed by atoms with E-state index in [1.54, 1.807) is 23.6 Å². The minimum absolute atomic E-state index is 0.502. The van der Waals surface area contributed by atoms with Gasteiger partial charge in [0.25, 0.3) is 0 Å². The summed E-state index contributed by atoms with van der Waals surface area (Å²) in [6.45, 7) is 1.98. The average Bonchev–Trinajstić information content (AvgIpc) is 2.51. The topological polar surface area (TPSA) is 64.7 Å². The Labute approximate surface area is 85.9 Å². The molecule has 2 aromatic rings. The number of nitrogens with zero attached hydrogens (tertiary/aromatic N) is 3. The molecule has 5 heteroatoms. The van der Waals surface area contributed by atoms with E-state index in [0.29, 0.717) is 12.2 Å². The maximum atomic E-state index is 5.55. The number of hydrogen-bond acceptors (Lipinski definition) is 5. The normalized spacial score (nSPS) is 10.4. The zero-order chi connectivity index (χ0) is 9.97. The van der Waals surface area contributed by atoms with Crippen molar-refractivity contribution in [3.05, 3.63) is 34.2 Å². The summed E-state index contributed by atoms with van der Waals surface area (Å²) in [5.41, 5.74) is 6.55. The van der Waals surface area contributed by atoms with Crippen molar-refractivity contribution < 1.29 is 0 Å². The van der Waals surface area contributed by atoms with Gasteiger partial charge in [-0.3, -0.25) is 0 Å². The van der Waals surface area contributed by atoms with Crippen LogP contribution in [0.25, 0.3) is 0 Å². The summed E-state index contributed by atoms with van der Waals surface area (Å²) in [7, 11) is 0. The van der Waals surface area contributed by atoms with Crippen LogP contribution in [0.2, 0.25) is 0 Å². The van der Waals surface area contributed by atoms with Gasteiger partial charge < -0.3 is 5.73 Å². The van der Waals surface area contributed by atoms with Crippen LogP contribution in [0.5, 0.6) is 0 Å². The molecule has 0 aromatic carbocycles. The molecule has 0 spiro atoms. The predicted octanol–water partition coefficient (Wildman–Crippen LogP) is 1.41. The predicted molar refractivity (Wildman–Crippen MR) is 56.1 cm³/mol. The standard InChI is InChI=1S/C9H10N4S/c1-6-12-7(5-14-6)4-9-11-3-2-8(10)13-9/h2-3,5H,4H2,1H3,(H2,10,11,13). The summed E-state index contributed by atoms with van der Waals surface area (Å²) in [6.07, 6.45) is 2.31. The maximum Gasteiger partial charge on any atom is 0.136 e. The molecule has 0 radical (unpaired) electrons. The summed E-state index contributed by atoms with van der Waals surface area (Å²) in [5.74, 6) is 1.22. The quantitative estimate of drug-likeness (QED) is 0.807. The number of aromatic nitrogens is 3. The van der Waals surface area contributed by atoms with E-state index < -0.39 is 0 Å². The van der Waals surface area contributed by atoms with Crippen molar-refractivity contribution in [1.29, 1.82) is 0 Å². The van der Waals surface area contributed by atoms with Crippen molar-refractivity contribution in [1.82, 2.24) is 15.0 Å². The number of anilines is 1. The van der Waals surface area contributed by atoms with Crippen LogP contribution in [-0.4, -0.2) is 15.0 Å². The summed E-state index contributed by atoms with van der Waals surface area (Å²) in [4.78, 5) is 12.6. The van der Waals surface area contributed by atoms with Gasteiger partial charge in [0.15, 0.2) is 0 Å². The highest BCUT2D eigenvalue weighted by molar-refractivity contribution is 7.09. The van der Waals surface area contributed by atoms with Crippen LogP contribution in [0.4, 0.5) is 5.82 Å². The lowest BCUT2D eigenvalue weighted by atomic mass is 10.3. The van der Waals surface area contributed by atoms with Crippen LogP contribution in [0.3, 0.4) is 0 Å². The Bertz CT molecular complexity index is 438. The molecule has 0 bridgehead atoms. The molecular weight excluding hydrogens is 196 g/mol. The van der Waals surface area contributed by atoms with Gasteiger partial charge >= 0.3 is 0 Å².